The van der Waals surface area contributed by atoms with Crippen molar-refractivity contribution in [2.24, 2.45) is 66.6 Å². The highest BCUT2D eigenvalue weighted by Gasteiger charge is 2.24. The number of ether oxygens (including phenoxy) is 4. The third-order valence-electron chi connectivity index (χ3n) is 12.0. The molecule has 20 nitrogen and oxygen atoms in total. The quantitative estimate of drug-likeness (QED) is 0.0125. The van der Waals surface area contributed by atoms with E-state index in [1.807, 2.05) is 36.4 Å². The lowest BCUT2D eigenvalue weighted by Gasteiger charge is -2.11. The average molecular weight is 1140 g/mol. The summed E-state index contributed by atoms with van der Waals surface area (Å²) in [4.78, 5) is 54.2. The zero-order valence-electron chi connectivity index (χ0n) is 48.5. The van der Waals surface area contributed by atoms with Crippen molar-refractivity contribution >= 4 is 71.5 Å². The van der Waals surface area contributed by atoms with Gasteiger partial charge < -0.3 is 62.3 Å². The lowest BCUT2D eigenvalue weighted by Crippen LogP contribution is -2.13. The van der Waals surface area contributed by atoms with Crippen molar-refractivity contribution in [2.45, 2.75) is 130 Å². The van der Waals surface area contributed by atoms with Crippen LogP contribution in [0.3, 0.4) is 0 Å². The smallest absolute Gasteiger partial charge is 0.300 e. The fraction of sp³-hybridized carbons (Fsp3) is 0.516. The first-order chi connectivity index (χ1) is 39.2. The van der Waals surface area contributed by atoms with Gasteiger partial charge in [-0.3, -0.25) is 39.1 Å². The van der Waals surface area contributed by atoms with Gasteiger partial charge in [0, 0.05) is 117 Å². The maximum atomic E-state index is 9.00. The van der Waals surface area contributed by atoms with Crippen LogP contribution in [0.5, 0.6) is 23.0 Å². The van der Waals surface area contributed by atoms with Crippen molar-refractivity contribution in [3.8, 4) is 23.0 Å². The van der Waals surface area contributed by atoms with E-state index in [9.17, 15) is 0 Å². The maximum Gasteiger partial charge on any atom is 0.300 e. The zero-order chi connectivity index (χ0) is 60.1. The molecular formula is C62H90N8O12. The number of carboxylic acid groups (broad SMARTS) is 4. The summed E-state index contributed by atoms with van der Waals surface area (Å²) < 4.78 is 24.8. The molecule has 3 aromatic rings. The van der Waals surface area contributed by atoms with Crippen LogP contribution in [-0.4, -0.2) is 120 Å². The summed E-state index contributed by atoms with van der Waals surface area (Å²) in [7, 11) is 0. The zero-order valence-corrected chi connectivity index (χ0v) is 48.5. The van der Waals surface area contributed by atoms with Crippen molar-refractivity contribution in [3.63, 3.8) is 0 Å². The molecule has 0 atom stereocenters. The summed E-state index contributed by atoms with van der Waals surface area (Å²) in [5.41, 5.74) is 28.6. The molecule has 4 saturated carbocycles. The summed E-state index contributed by atoms with van der Waals surface area (Å²) in [6.45, 7) is 9.14. The molecule has 0 spiro atoms. The number of aliphatic imine (C=N–C) groups is 4. The van der Waals surface area contributed by atoms with E-state index >= 15 is 0 Å². The van der Waals surface area contributed by atoms with Gasteiger partial charge in [0.1, 0.15) is 23.0 Å². The maximum absolute atomic E-state index is 9.00. The Morgan fingerprint density at radius 1 is 0.390 bits per heavy atom. The minimum Gasteiger partial charge on any atom is -0.493 e. The monoisotopic (exact) mass is 1140 g/mol. The second kappa shape index (κ2) is 39.5. The molecule has 20 heteroatoms. The van der Waals surface area contributed by atoms with Crippen molar-refractivity contribution in [1.82, 2.24) is 0 Å². The van der Waals surface area contributed by atoms with Crippen LogP contribution in [0.15, 0.2) is 80.6 Å². The highest BCUT2D eigenvalue weighted by atomic mass is 16.5. The molecule has 7 rings (SSSR count). The highest BCUT2D eigenvalue weighted by molar-refractivity contribution is 5.82. The van der Waals surface area contributed by atoms with E-state index in [1.165, 1.54) is 51.4 Å². The summed E-state index contributed by atoms with van der Waals surface area (Å²) in [6, 6.07) is 20.6. The fourth-order valence-electron chi connectivity index (χ4n) is 7.45. The Kier molecular flexibility index (Phi) is 32.9. The molecule has 0 amide bonds. The molecule has 0 radical (unpaired) electrons. The fourth-order valence-corrected chi connectivity index (χ4v) is 7.45. The summed E-state index contributed by atoms with van der Waals surface area (Å²) in [6.07, 6.45) is 25.4. The number of hydrogen-bond donors (Lipinski definition) is 8. The van der Waals surface area contributed by atoms with Crippen LogP contribution < -0.4 is 41.9 Å². The molecule has 4 aliphatic carbocycles. The second-order valence-corrected chi connectivity index (χ2v) is 20.8. The molecule has 0 heterocycles. The summed E-state index contributed by atoms with van der Waals surface area (Å²) >= 11 is 0. The van der Waals surface area contributed by atoms with Gasteiger partial charge in [-0.1, -0.05) is 48.6 Å². The van der Waals surface area contributed by atoms with Crippen LogP contribution in [0, 0.1) is 23.7 Å². The first-order valence-electron chi connectivity index (χ1n) is 28.4. The molecule has 82 heavy (non-hydrogen) atoms. The number of nitrogens with two attached hydrogens (primary N) is 4. The Bertz CT molecular complexity index is 2270. The largest absolute Gasteiger partial charge is 0.493 e. The minimum atomic E-state index is -0.833. The van der Waals surface area contributed by atoms with Gasteiger partial charge in [-0.15, -0.1) is 0 Å². The van der Waals surface area contributed by atoms with Gasteiger partial charge in [0.15, 0.2) is 0 Å². The van der Waals surface area contributed by atoms with E-state index in [1.54, 1.807) is 0 Å². The van der Waals surface area contributed by atoms with E-state index < -0.39 is 23.9 Å². The predicted molar refractivity (Wildman–Crippen MR) is 326 cm³/mol. The lowest BCUT2D eigenvalue weighted by molar-refractivity contribution is -0.135. The van der Waals surface area contributed by atoms with Crippen molar-refractivity contribution in [2.75, 3.05) is 52.6 Å². The third kappa shape index (κ3) is 39.5. The summed E-state index contributed by atoms with van der Waals surface area (Å²) in [5, 5.41) is 29.7. The molecule has 4 fully saturated rings. The van der Waals surface area contributed by atoms with Crippen molar-refractivity contribution < 1.29 is 58.6 Å². The number of hydrogen-bond acceptors (Lipinski definition) is 12. The first kappa shape index (κ1) is 68.4. The predicted octanol–water partition coefficient (Wildman–Crippen LogP) is 10.1. The Hall–Kier alpha value is -7.90. The molecule has 0 saturated heterocycles. The highest BCUT2D eigenvalue weighted by Crippen LogP contribution is 2.34. The van der Waals surface area contributed by atoms with Gasteiger partial charge in [0.25, 0.3) is 23.9 Å². The van der Waals surface area contributed by atoms with Gasteiger partial charge in [0.2, 0.25) is 0 Å². The van der Waals surface area contributed by atoms with Crippen LogP contribution in [0.1, 0.15) is 153 Å². The van der Waals surface area contributed by atoms with Crippen LogP contribution in [0.2, 0.25) is 0 Å². The number of amidine groups is 4. The van der Waals surface area contributed by atoms with E-state index in [2.05, 4.69) is 68.5 Å². The molecule has 0 bridgehead atoms. The molecule has 450 valence electrons. The number of aliphatic carboxylic acids is 4. The van der Waals surface area contributed by atoms with Crippen LogP contribution in [-0.2, 0) is 19.2 Å². The molecule has 4 aliphatic rings. The van der Waals surface area contributed by atoms with Crippen molar-refractivity contribution in [3.05, 3.63) is 82.9 Å². The van der Waals surface area contributed by atoms with E-state index in [0.717, 1.165) is 171 Å². The van der Waals surface area contributed by atoms with Crippen molar-refractivity contribution in [1.29, 1.82) is 0 Å². The molecule has 0 unspecified atom stereocenters. The van der Waals surface area contributed by atoms with Gasteiger partial charge in [0.05, 0.1) is 49.8 Å². The number of rotatable bonds is 32. The third-order valence-corrected chi connectivity index (χ3v) is 12.0. The standard InChI is InChI=1S/C54H74N8O4.4C2H4O2/c55-51(33-41-11-12-41)59-21-1-25-63-47-29-45(30-48(37-47)64-26-2-22-60-52(56)34-42-13-14-42)19-9-39-5-7-40(8-6-39)10-20-46-31-49(65-27-3-23-61-53(57)35-43-15-16-43)38-50(32-46)66-28-4-24-62-54(58)36-44-17-18-44;4*1-2(3)4/h5-10,19-20,29-32,37-38,41-44H,1-4,11-18,21-28,33-36H2,(H2,55,59)(H2,56,60)(H2,57,61)(H2,58,62);4*1H3,(H,3,4)/b19-9+,20-10+;;;;. The number of carboxylic acids is 4. The Balaban J connectivity index is 0.000000977. The number of carbonyl (C=O) groups is 4. The minimum absolute atomic E-state index is 0.542. The lowest BCUT2D eigenvalue weighted by atomic mass is 10.1. The van der Waals surface area contributed by atoms with Crippen LogP contribution in [0.4, 0.5) is 0 Å². The Morgan fingerprint density at radius 3 is 0.780 bits per heavy atom. The van der Waals surface area contributed by atoms with Gasteiger partial charge in [-0.2, -0.15) is 0 Å². The molecule has 0 aromatic heterocycles. The Morgan fingerprint density at radius 2 is 0.585 bits per heavy atom. The average Bonchev–Trinajstić information content (AvgIpc) is 4.15. The van der Waals surface area contributed by atoms with Crippen LogP contribution >= 0.6 is 0 Å². The van der Waals surface area contributed by atoms with E-state index in [-0.39, 0.29) is 0 Å². The molecule has 12 N–H and O–H groups in total. The Labute approximate surface area is 483 Å². The second-order valence-electron chi connectivity index (χ2n) is 20.8. The van der Waals surface area contributed by atoms with Gasteiger partial charge >= 0.3 is 0 Å². The molecule has 0 aliphatic heterocycles. The van der Waals surface area contributed by atoms with E-state index in [4.69, 9.17) is 81.5 Å². The summed E-state index contributed by atoms with van der Waals surface area (Å²) in [5.74, 6) is 5.67. The van der Waals surface area contributed by atoms with Crippen LogP contribution in [0.25, 0.3) is 24.3 Å². The molecule has 3 aromatic carbocycles. The number of benzene rings is 3. The SMILES string of the molecule is CC(=O)O.CC(=O)O.CC(=O)O.CC(=O)O.NC(CC1CC1)=NCCCOc1cc(/C=C/c2ccc(/C=C/c3cc(OCCCN=C(N)CC4CC4)cc(OCCCN=C(N)CC4CC4)c3)cc2)cc(OCCCN=C(N)CC2CC2)c1. The van der Waals surface area contributed by atoms with Gasteiger partial charge in [-0.05, 0) is 122 Å². The van der Waals surface area contributed by atoms with E-state index in [0.29, 0.717) is 52.6 Å². The van der Waals surface area contributed by atoms with Gasteiger partial charge in [-0.25, -0.2) is 0 Å². The topological polar surface area (TPSA) is 340 Å². The first-order valence-corrected chi connectivity index (χ1v) is 28.4. The molecular weight excluding hydrogens is 1050 g/mol. The normalized spacial score (nSPS) is 15.1. The number of nitrogens with zero attached hydrogens (tertiary/aromatic N) is 4.